The third kappa shape index (κ3) is 4.43. The topological polar surface area (TPSA) is 98.2 Å². The molecule has 1 aliphatic rings. The Morgan fingerprint density at radius 1 is 1.19 bits per heavy atom. The molecule has 2 heterocycles. The maximum absolute atomic E-state index is 11.9. The zero-order valence-corrected chi connectivity index (χ0v) is 15.9. The van der Waals surface area contributed by atoms with Crippen LogP contribution >= 0.6 is 0 Å². The average molecular weight is 389 g/mol. The number of rotatable bonds is 4. The second-order valence-corrected chi connectivity index (χ2v) is 8.27. The van der Waals surface area contributed by atoms with Crippen LogP contribution in [0.4, 0.5) is 0 Å². The average Bonchev–Trinajstić information content (AvgIpc) is 3.09. The van der Waals surface area contributed by atoms with Gasteiger partial charge in [0.15, 0.2) is 21.0 Å². The van der Waals surface area contributed by atoms with Crippen molar-refractivity contribution < 1.29 is 22.8 Å². The van der Waals surface area contributed by atoms with Crippen molar-refractivity contribution in [3.8, 4) is 5.75 Å². The van der Waals surface area contributed by atoms with E-state index in [-0.39, 0.29) is 17.0 Å². The lowest BCUT2D eigenvalue weighted by atomic mass is 10.0. The summed E-state index contributed by atoms with van der Waals surface area (Å²) in [6.07, 6.45) is 2.52. The van der Waals surface area contributed by atoms with E-state index in [1.54, 1.807) is 26.2 Å². The minimum Gasteiger partial charge on any atom is -0.438 e. The van der Waals surface area contributed by atoms with Gasteiger partial charge in [-0.1, -0.05) is 17.3 Å². The number of nitrogens with zero attached hydrogens (tertiary/aromatic N) is 3. The third-order valence-corrected chi connectivity index (χ3v) is 4.90. The lowest BCUT2D eigenvalue weighted by molar-refractivity contribution is 0.0823. The maximum Gasteiger partial charge on any atom is 0.253 e. The minimum absolute atomic E-state index is 0.0234. The Morgan fingerprint density at radius 2 is 1.89 bits per heavy atom. The van der Waals surface area contributed by atoms with Crippen LogP contribution in [0, 0.1) is 0 Å². The summed E-state index contributed by atoms with van der Waals surface area (Å²) in [4.78, 5) is 22.7. The van der Waals surface area contributed by atoms with Gasteiger partial charge in [0.05, 0.1) is 12.6 Å². The highest BCUT2D eigenvalue weighted by Gasteiger charge is 2.25. The molecule has 9 heteroatoms. The molecule has 8 nitrogen and oxygen atoms in total. The van der Waals surface area contributed by atoms with Gasteiger partial charge in [0.25, 0.3) is 5.91 Å². The highest BCUT2D eigenvalue weighted by atomic mass is 32.2. The van der Waals surface area contributed by atoms with Crippen molar-refractivity contribution in [1.82, 2.24) is 9.88 Å². The fraction of sp³-hybridized carbons (Fsp3) is 0.278. The number of hydrogen-bond acceptors (Lipinski definition) is 7. The molecule has 0 aliphatic carbocycles. The van der Waals surface area contributed by atoms with Crippen LogP contribution in [0.25, 0.3) is 0 Å². The Balaban J connectivity index is 1.62. The summed E-state index contributed by atoms with van der Waals surface area (Å²) in [5.74, 6) is 0.666. The van der Waals surface area contributed by atoms with Crippen LogP contribution in [0.2, 0.25) is 0 Å². The van der Waals surface area contributed by atoms with Gasteiger partial charge in [-0.2, -0.15) is 0 Å². The summed E-state index contributed by atoms with van der Waals surface area (Å²) >= 11 is 0. The van der Waals surface area contributed by atoms with E-state index in [1.165, 1.54) is 23.2 Å². The molecule has 27 heavy (non-hydrogen) atoms. The van der Waals surface area contributed by atoms with Crippen LogP contribution in [0.3, 0.4) is 0 Å². The summed E-state index contributed by atoms with van der Waals surface area (Å²) in [6, 6.07) is 10.0. The molecule has 0 unspecified atom stereocenters. The quantitative estimate of drug-likeness (QED) is 0.794. The Bertz CT molecular complexity index is 967. The molecule has 0 saturated carbocycles. The fourth-order valence-corrected chi connectivity index (χ4v) is 3.03. The molecule has 0 bridgehead atoms. The van der Waals surface area contributed by atoms with Gasteiger partial charge in [-0.3, -0.25) is 4.79 Å². The number of aromatic nitrogens is 1. The van der Waals surface area contributed by atoms with Crippen molar-refractivity contribution in [2.45, 2.75) is 17.6 Å². The van der Waals surface area contributed by atoms with E-state index in [0.717, 1.165) is 11.8 Å². The summed E-state index contributed by atoms with van der Waals surface area (Å²) < 4.78 is 28.4. The van der Waals surface area contributed by atoms with Gasteiger partial charge in [-0.15, -0.1) is 0 Å². The number of oxime groups is 1. The first-order valence-electron chi connectivity index (χ1n) is 8.12. The van der Waals surface area contributed by atoms with Gasteiger partial charge in [0.2, 0.25) is 5.90 Å². The second-order valence-electron chi connectivity index (χ2n) is 6.31. The molecule has 0 fully saturated rings. The summed E-state index contributed by atoms with van der Waals surface area (Å²) in [5.41, 5.74) is 1.47. The lowest BCUT2D eigenvalue weighted by Gasteiger charge is -2.12. The van der Waals surface area contributed by atoms with E-state index in [2.05, 4.69) is 10.1 Å². The predicted molar refractivity (Wildman–Crippen MR) is 98.3 cm³/mol. The smallest absolute Gasteiger partial charge is 0.253 e. The van der Waals surface area contributed by atoms with E-state index < -0.39 is 9.84 Å². The van der Waals surface area contributed by atoms with Gasteiger partial charge in [-0.05, 0) is 29.8 Å². The van der Waals surface area contributed by atoms with Crippen LogP contribution in [-0.4, -0.2) is 50.5 Å². The van der Waals surface area contributed by atoms with Gasteiger partial charge >= 0.3 is 0 Å². The lowest BCUT2D eigenvalue weighted by Crippen LogP contribution is -2.21. The molecule has 0 radical (unpaired) electrons. The van der Waals surface area contributed by atoms with Crippen LogP contribution in [-0.2, 0) is 14.7 Å². The zero-order valence-electron chi connectivity index (χ0n) is 15.1. The largest absolute Gasteiger partial charge is 0.438 e. The van der Waals surface area contributed by atoms with Gasteiger partial charge in [0.1, 0.15) is 5.75 Å². The van der Waals surface area contributed by atoms with Crippen molar-refractivity contribution in [2.75, 3.05) is 20.4 Å². The Kier molecular flexibility index (Phi) is 5.13. The SMILES string of the molecule is CN(C)C(=O)c1ccc([C@@H]2CC(Oc3ccc(S(C)(=O)=O)nc3)=NO2)cc1. The van der Waals surface area contributed by atoms with Crippen LogP contribution in [0.1, 0.15) is 28.4 Å². The number of amides is 1. The third-order valence-electron chi connectivity index (χ3n) is 3.90. The predicted octanol–water partition coefficient (Wildman–Crippen LogP) is 2.04. The molecule has 1 amide bonds. The van der Waals surface area contributed by atoms with Crippen molar-refractivity contribution in [1.29, 1.82) is 0 Å². The molecule has 142 valence electrons. The Morgan fingerprint density at radius 3 is 2.44 bits per heavy atom. The molecule has 1 aromatic heterocycles. The molecule has 1 atom stereocenters. The molecule has 0 saturated heterocycles. The zero-order chi connectivity index (χ0) is 19.6. The molecular formula is C18H19N3O5S. The monoisotopic (exact) mass is 389 g/mol. The van der Waals surface area contributed by atoms with Crippen molar-refractivity contribution in [3.63, 3.8) is 0 Å². The number of hydrogen-bond donors (Lipinski definition) is 0. The first-order chi connectivity index (χ1) is 12.7. The number of pyridine rings is 1. The van der Waals surface area contributed by atoms with Crippen molar-refractivity contribution >= 4 is 21.6 Å². The summed E-state index contributed by atoms with van der Waals surface area (Å²) in [6.45, 7) is 0. The fourth-order valence-electron chi connectivity index (χ4n) is 2.48. The molecule has 0 N–H and O–H groups in total. The van der Waals surface area contributed by atoms with Crippen LogP contribution in [0.5, 0.6) is 5.75 Å². The van der Waals surface area contributed by atoms with E-state index in [0.29, 0.717) is 23.6 Å². The summed E-state index contributed by atoms with van der Waals surface area (Å²) in [5, 5.41) is 3.90. The number of ether oxygens (including phenoxy) is 1. The van der Waals surface area contributed by atoms with Crippen LogP contribution < -0.4 is 4.74 Å². The maximum atomic E-state index is 11.9. The normalized spacial score (nSPS) is 16.4. The number of carbonyl (C=O) groups excluding carboxylic acids is 1. The van der Waals surface area contributed by atoms with Crippen molar-refractivity contribution in [2.24, 2.45) is 5.16 Å². The van der Waals surface area contributed by atoms with E-state index in [9.17, 15) is 13.2 Å². The highest BCUT2D eigenvalue weighted by Crippen LogP contribution is 2.28. The number of sulfone groups is 1. The molecule has 1 aliphatic heterocycles. The summed E-state index contributed by atoms with van der Waals surface area (Å²) in [7, 11) is 0.0436. The molecule has 0 spiro atoms. The standard InChI is InChI=1S/C18H19N3O5S/c1-21(2)18(22)13-6-4-12(5-7-13)15-10-16(20-26-15)25-14-8-9-17(19-11-14)27(3,23)24/h4-9,11,15H,10H2,1-3H3/t15-/m0/s1. The second kappa shape index (κ2) is 7.36. The molecule has 1 aromatic carbocycles. The molecule has 3 rings (SSSR count). The van der Waals surface area contributed by atoms with Gasteiger partial charge in [0, 0.05) is 25.9 Å². The Labute approximate surface area is 157 Å². The van der Waals surface area contributed by atoms with E-state index >= 15 is 0 Å². The van der Waals surface area contributed by atoms with E-state index in [1.807, 2.05) is 12.1 Å². The van der Waals surface area contributed by atoms with Gasteiger partial charge in [-0.25, -0.2) is 13.4 Å². The number of benzene rings is 1. The first-order valence-corrected chi connectivity index (χ1v) is 10.0. The van der Waals surface area contributed by atoms with E-state index in [4.69, 9.17) is 9.57 Å². The molecule has 2 aromatic rings. The highest BCUT2D eigenvalue weighted by molar-refractivity contribution is 7.90. The minimum atomic E-state index is -3.36. The van der Waals surface area contributed by atoms with Crippen molar-refractivity contribution in [3.05, 3.63) is 53.7 Å². The first kappa shape index (κ1) is 18.8. The number of carbonyl (C=O) groups is 1. The van der Waals surface area contributed by atoms with Crippen LogP contribution in [0.15, 0.2) is 52.8 Å². The van der Waals surface area contributed by atoms with Gasteiger partial charge < -0.3 is 14.5 Å². The Hall–Kier alpha value is -2.94. The molecular weight excluding hydrogens is 370 g/mol.